The minimum absolute atomic E-state index is 0.741. The lowest BCUT2D eigenvalue weighted by Gasteiger charge is -2.10. The molecule has 0 radical (unpaired) electrons. The zero-order valence-electron chi connectivity index (χ0n) is 14.3. The van der Waals surface area contributed by atoms with E-state index in [9.17, 15) is 0 Å². The van der Waals surface area contributed by atoms with Gasteiger partial charge in [0.15, 0.2) is 0 Å². The van der Waals surface area contributed by atoms with Crippen LogP contribution in [0.3, 0.4) is 0 Å². The van der Waals surface area contributed by atoms with Gasteiger partial charge in [0.05, 0.1) is 12.8 Å². The standard InChI is InChI=1S/C20H20BrN3O/c1-14-23-19(16-6-4-8-18(12-16)25-2)13-20(24-14)22-10-9-15-5-3-7-17(21)11-15/h3-8,11-13H,9-10H2,1-2H3,(H,22,23,24). The number of nitrogens with one attached hydrogen (secondary N) is 1. The van der Waals surface area contributed by atoms with Crippen LogP contribution >= 0.6 is 15.9 Å². The van der Waals surface area contributed by atoms with Gasteiger partial charge in [0.2, 0.25) is 0 Å². The Kier molecular flexibility index (Phi) is 5.66. The van der Waals surface area contributed by atoms with Crippen LogP contribution in [0.2, 0.25) is 0 Å². The van der Waals surface area contributed by atoms with Gasteiger partial charge >= 0.3 is 0 Å². The SMILES string of the molecule is COc1cccc(-c2cc(NCCc3cccc(Br)c3)nc(C)n2)c1. The maximum Gasteiger partial charge on any atom is 0.130 e. The third-order valence-corrected chi connectivity index (χ3v) is 4.31. The van der Waals surface area contributed by atoms with Gasteiger partial charge in [-0.15, -0.1) is 0 Å². The molecule has 3 rings (SSSR count). The average Bonchev–Trinajstić information content (AvgIpc) is 2.61. The van der Waals surface area contributed by atoms with E-state index in [0.29, 0.717) is 0 Å². The molecule has 0 saturated heterocycles. The van der Waals surface area contributed by atoms with Crippen molar-refractivity contribution in [3.8, 4) is 17.0 Å². The highest BCUT2D eigenvalue weighted by Gasteiger charge is 2.06. The lowest BCUT2D eigenvalue weighted by molar-refractivity contribution is 0.415. The third-order valence-electron chi connectivity index (χ3n) is 3.81. The number of methoxy groups -OCH3 is 1. The lowest BCUT2D eigenvalue weighted by Crippen LogP contribution is -2.08. The van der Waals surface area contributed by atoms with Gasteiger partial charge in [-0.1, -0.05) is 40.2 Å². The number of hydrogen-bond acceptors (Lipinski definition) is 4. The first-order valence-corrected chi connectivity index (χ1v) is 8.92. The van der Waals surface area contributed by atoms with E-state index in [0.717, 1.165) is 46.1 Å². The molecule has 0 bridgehead atoms. The van der Waals surface area contributed by atoms with Crippen molar-refractivity contribution in [3.05, 3.63) is 70.5 Å². The number of ether oxygens (including phenoxy) is 1. The predicted octanol–water partition coefficient (Wildman–Crippen LogP) is 4.88. The minimum Gasteiger partial charge on any atom is -0.497 e. The number of anilines is 1. The molecule has 25 heavy (non-hydrogen) atoms. The summed E-state index contributed by atoms with van der Waals surface area (Å²) in [5, 5.41) is 3.39. The van der Waals surface area contributed by atoms with Crippen LogP contribution in [0.25, 0.3) is 11.3 Å². The van der Waals surface area contributed by atoms with E-state index < -0.39 is 0 Å². The molecule has 128 valence electrons. The van der Waals surface area contributed by atoms with Crippen LogP contribution in [0.5, 0.6) is 5.75 Å². The van der Waals surface area contributed by atoms with E-state index in [4.69, 9.17) is 4.74 Å². The second-order valence-corrected chi connectivity index (χ2v) is 6.64. The second-order valence-electron chi connectivity index (χ2n) is 5.72. The largest absolute Gasteiger partial charge is 0.497 e. The quantitative estimate of drug-likeness (QED) is 0.643. The van der Waals surface area contributed by atoms with Crippen molar-refractivity contribution >= 4 is 21.7 Å². The van der Waals surface area contributed by atoms with Crippen molar-refractivity contribution in [2.75, 3.05) is 19.0 Å². The molecule has 4 nitrogen and oxygen atoms in total. The molecule has 0 spiro atoms. The molecule has 0 aliphatic rings. The monoisotopic (exact) mass is 397 g/mol. The van der Waals surface area contributed by atoms with E-state index >= 15 is 0 Å². The Bertz CT molecular complexity index is 867. The molecule has 1 N–H and O–H groups in total. The van der Waals surface area contributed by atoms with Crippen LogP contribution in [0.1, 0.15) is 11.4 Å². The molecular formula is C20H20BrN3O. The van der Waals surface area contributed by atoms with Gasteiger partial charge in [0.1, 0.15) is 17.4 Å². The molecule has 0 aliphatic heterocycles. The molecule has 1 aromatic heterocycles. The van der Waals surface area contributed by atoms with Gasteiger partial charge in [-0.3, -0.25) is 0 Å². The van der Waals surface area contributed by atoms with E-state index in [2.05, 4.69) is 49.4 Å². The molecule has 2 aromatic carbocycles. The topological polar surface area (TPSA) is 47.0 Å². The smallest absolute Gasteiger partial charge is 0.130 e. The minimum atomic E-state index is 0.741. The zero-order chi connectivity index (χ0) is 17.6. The zero-order valence-corrected chi connectivity index (χ0v) is 15.9. The van der Waals surface area contributed by atoms with Gasteiger partial charge in [-0.05, 0) is 43.2 Å². The summed E-state index contributed by atoms with van der Waals surface area (Å²) in [6.45, 7) is 2.72. The van der Waals surface area contributed by atoms with Crippen LogP contribution in [0, 0.1) is 6.92 Å². The summed E-state index contributed by atoms with van der Waals surface area (Å²) < 4.78 is 6.40. The number of nitrogens with zero attached hydrogens (tertiary/aromatic N) is 2. The maximum atomic E-state index is 5.30. The summed E-state index contributed by atoms with van der Waals surface area (Å²) in [5.41, 5.74) is 3.18. The molecule has 0 atom stereocenters. The highest BCUT2D eigenvalue weighted by atomic mass is 79.9. The van der Waals surface area contributed by atoms with Crippen molar-refractivity contribution < 1.29 is 4.74 Å². The van der Waals surface area contributed by atoms with Crippen LogP contribution in [-0.4, -0.2) is 23.6 Å². The van der Waals surface area contributed by atoms with Crippen molar-refractivity contribution in [3.63, 3.8) is 0 Å². The van der Waals surface area contributed by atoms with Crippen molar-refractivity contribution in [1.82, 2.24) is 9.97 Å². The maximum absolute atomic E-state index is 5.30. The van der Waals surface area contributed by atoms with E-state index in [1.54, 1.807) is 7.11 Å². The van der Waals surface area contributed by atoms with Gasteiger partial charge in [0.25, 0.3) is 0 Å². The fourth-order valence-corrected chi connectivity index (χ4v) is 3.06. The predicted molar refractivity (Wildman–Crippen MR) is 105 cm³/mol. The number of rotatable bonds is 6. The lowest BCUT2D eigenvalue weighted by atomic mass is 10.1. The third kappa shape index (κ3) is 4.79. The number of aryl methyl sites for hydroxylation is 1. The Morgan fingerprint density at radius 3 is 2.68 bits per heavy atom. The first-order valence-electron chi connectivity index (χ1n) is 8.12. The van der Waals surface area contributed by atoms with Crippen LogP contribution < -0.4 is 10.1 Å². The van der Waals surface area contributed by atoms with Crippen molar-refractivity contribution in [1.29, 1.82) is 0 Å². The summed E-state index contributed by atoms with van der Waals surface area (Å²) in [6.07, 6.45) is 0.928. The van der Waals surface area contributed by atoms with Gasteiger partial charge in [0, 0.05) is 22.6 Å². The molecule has 0 fully saturated rings. The Balaban J connectivity index is 1.73. The molecule has 0 aliphatic carbocycles. The molecule has 0 saturated carbocycles. The van der Waals surface area contributed by atoms with Crippen molar-refractivity contribution in [2.24, 2.45) is 0 Å². The van der Waals surface area contributed by atoms with Gasteiger partial charge in [-0.25, -0.2) is 9.97 Å². The Morgan fingerprint density at radius 1 is 1.04 bits per heavy atom. The summed E-state index contributed by atoms with van der Waals surface area (Å²) >= 11 is 3.50. The van der Waals surface area contributed by atoms with Crippen LogP contribution in [0.15, 0.2) is 59.1 Å². The molecule has 0 unspecified atom stereocenters. The molecule has 1 heterocycles. The van der Waals surface area contributed by atoms with E-state index in [-0.39, 0.29) is 0 Å². The van der Waals surface area contributed by atoms with Gasteiger partial charge in [-0.2, -0.15) is 0 Å². The summed E-state index contributed by atoms with van der Waals surface area (Å²) in [6, 6.07) is 18.2. The second kappa shape index (κ2) is 8.12. The van der Waals surface area contributed by atoms with Crippen molar-refractivity contribution in [2.45, 2.75) is 13.3 Å². The summed E-state index contributed by atoms with van der Waals surface area (Å²) in [5.74, 6) is 2.39. The molecule has 0 amide bonds. The van der Waals surface area contributed by atoms with E-state index in [1.165, 1.54) is 5.56 Å². The Morgan fingerprint density at radius 2 is 1.88 bits per heavy atom. The van der Waals surface area contributed by atoms with Crippen LogP contribution in [0.4, 0.5) is 5.82 Å². The average molecular weight is 398 g/mol. The first kappa shape index (κ1) is 17.4. The fraction of sp³-hybridized carbons (Fsp3) is 0.200. The normalized spacial score (nSPS) is 10.5. The first-order chi connectivity index (χ1) is 12.1. The fourth-order valence-electron chi connectivity index (χ4n) is 2.62. The number of benzene rings is 2. The highest BCUT2D eigenvalue weighted by molar-refractivity contribution is 9.10. The van der Waals surface area contributed by atoms with Gasteiger partial charge < -0.3 is 10.1 Å². The van der Waals surface area contributed by atoms with Crippen LogP contribution in [-0.2, 0) is 6.42 Å². The molecule has 5 heteroatoms. The number of aromatic nitrogens is 2. The summed E-state index contributed by atoms with van der Waals surface area (Å²) in [7, 11) is 1.67. The highest BCUT2D eigenvalue weighted by Crippen LogP contribution is 2.24. The summed E-state index contributed by atoms with van der Waals surface area (Å²) in [4.78, 5) is 9.03. The number of halogens is 1. The van der Waals surface area contributed by atoms with E-state index in [1.807, 2.05) is 43.3 Å². The molecular weight excluding hydrogens is 378 g/mol. The Labute approximate surface area is 156 Å². The Hall–Kier alpha value is -2.40. The number of hydrogen-bond donors (Lipinski definition) is 1. The molecule has 3 aromatic rings.